The fraction of sp³-hybridized carbons (Fsp3) is 0.846. The molecule has 0 rings (SSSR count). The third kappa shape index (κ3) is 9.66. The molecule has 0 nitrogen and oxygen atoms in total. The Balaban J connectivity index is 3.07. The molecule has 0 saturated heterocycles. The van der Waals surface area contributed by atoms with E-state index in [1.165, 1.54) is 44.9 Å². The summed E-state index contributed by atoms with van der Waals surface area (Å²) < 4.78 is 0. The SMILES string of the molecule is CCC/C=C\CCCCC(C)CC. The summed E-state index contributed by atoms with van der Waals surface area (Å²) in [5.74, 6) is 0.930. The molecule has 1 unspecified atom stereocenters. The minimum Gasteiger partial charge on any atom is -0.0885 e. The van der Waals surface area contributed by atoms with Crippen LogP contribution in [0.1, 0.15) is 65.7 Å². The van der Waals surface area contributed by atoms with Gasteiger partial charge in [0, 0.05) is 0 Å². The average molecular weight is 182 g/mol. The monoisotopic (exact) mass is 182 g/mol. The van der Waals surface area contributed by atoms with Crippen LogP contribution < -0.4 is 0 Å². The Morgan fingerprint density at radius 2 is 1.69 bits per heavy atom. The predicted octanol–water partition coefficient (Wildman–Crippen LogP) is 4.95. The molecule has 0 heterocycles. The van der Waals surface area contributed by atoms with Crippen molar-refractivity contribution in [2.75, 3.05) is 0 Å². The molecule has 0 aliphatic carbocycles. The molecular weight excluding hydrogens is 156 g/mol. The highest BCUT2D eigenvalue weighted by atomic mass is 14.0. The fourth-order valence-corrected chi connectivity index (χ4v) is 1.36. The van der Waals surface area contributed by atoms with Crippen molar-refractivity contribution in [3.63, 3.8) is 0 Å². The van der Waals surface area contributed by atoms with E-state index < -0.39 is 0 Å². The lowest BCUT2D eigenvalue weighted by molar-refractivity contribution is 0.486. The van der Waals surface area contributed by atoms with E-state index in [2.05, 4.69) is 32.9 Å². The largest absolute Gasteiger partial charge is 0.0885 e. The van der Waals surface area contributed by atoms with Gasteiger partial charge in [-0.05, 0) is 25.2 Å². The summed E-state index contributed by atoms with van der Waals surface area (Å²) in [6, 6.07) is 0. The zero-order chi connectivity index (χ0) is 9.94. The van der Waals surface area contributed by atoms with Crippen molar-refractivity contribution in [1.82, 2.24) is 0 Å². The number of hydrogen-bond donors (Lipinski definition) is 0. The Bertz CT molecular complexity index is 113. The van der Waals surface area contributed by atoms with Crippen LogP contribution in [0.25, 0.3) is 0 Å². The highest BCUT2D eigenvalue weighted by Crippen LogP contribution is 2.12. The molecule has 0 fully saturated rings. The Kier molecular flexibility index (Phi) is 9.63. The standard InChI is InChI=1S/C13H26/c1-4-6-7-8-9-10-11-12-13(3)5-2/h7-8,13H,4-6,9-12H2,1-3H3/b8-7-. The normalized spacial score (nSPS) is 13.8. The van der Waals surface area contributed by atoms with Gasteiger partial charge in [-0.3, -0.25) is 0 Å². The van der Waals surface area contributed by atoms with Gasteiger partial charge >= 0.3 is 0 Å². The van der Waals surface area contributed by atoms with Crippen molar-refractivity contribution in [2.45, 2.75) is 65.7 Å². The Morgan fingerprint density at radius 3 is 2.31 bits per heavy atom. The fourth-order valence-electron chi connectivity index (χ4n) is 1.36. The number of unbranched alkanes of at least 4 members (excludes halogenated alkanes) is 3. The molecule has 0 heteroatoms. The molecule has 0 aromatic heterocycles. The molecule has 0 aromatic rings. The van der Waals surface area contributed by atoms with Crippen LogP contribution in [0.5, 0.6) is 0 Å². The Morgan fingerprint density at radius 1 is 1.00 bits per heavy atom. The van der Waals surface area contributed by atoms with Crippen molar-refractivity contribution < 1.29 is 0 Å². The molecule has 1 atom stereocenters. The molecule has 0 aromatic carbocycles. The van der Waals surface area contributed by atoms with Crippen LogP contribution in [-0.2, 0) is 0 Å². The van der Waals surface area contributed by atoms with E-state index in [1.807, 2.05) is 0 Å². The molecular formula is C13H26. The summed E-state index contributed by atoms with van der Waals surface area (Å²) >= 11 is 0. The van der Waals surface area contributed by atoms with Crippen molar-refractivity contribution in [2.24, 2.45) is 5.92 Å². The molecule has 0 N–H and O–H groups in total. The van der Waals surface area contributed by atoms with E-state index in [0.29, 0.717) is 0 Å². The minimum absolute atomic E-state index is 0.930. The molecule has 0 radical (unpaired) electrons. The highest BCUT2D eigenvalue weighted by Gasteiger charge is 1.96. The van der Waals surface area contributed by atoms with Gasteiger partial charge in [0.15, 0.2) is 0 Å². The maximum atomic E-state index is 2.35. The van der Waals surface area contributed by atoms with Crippen LogP contribution in [0.3, 0.4) is 0 Å². The van der Waals surface area contributed by atoms with Gasteiger partial charge in [-0.2, -0.15) is 0 Å². The van der Waals surface area contributed by atoms with Gasteiger partial charge in [0.05, 0.1) is 0 Å². The summed E-state index contributed by atoms with van der Waals surface area (Å²) in [6.45, 7) is 6.87. The second kappa shape index (κ2) is 9.83. The van der Waals surface area contributed by atoms with E-state index in [1.54, 1.807) is 0 Å². The van der Waals surface area contributed by atoms with Gasteiger partial charge in [-0.25, -0.2) is 0 Å². The molecule has 13 heavy (non-hydrogen) atoms. The first-order valence-electron chi connectivity index (χ1n) is 5.96. The van der Waals surface area contributed by atoms with E-state index >= 15 is 0 Å². The summed E-state index contributed by atoms with van der Waals surface area (Å²) in [5, 5.41) is 0. The van der Waals surface area contributed by atoms with E-state index in [4.69, 9.17) is 0 Å². The Labute approximate surface area is 84.4 Å². The van der Waals surface area contributed by atoms with Gasteiger partial charge in [0.2, 0.25) is 0 Å². The molecule has 0 amide bonds. The van der Waals surface area contributed by atoms with Crippen LogP contribution in [0, 0.1) is 5.92 Å². The lowest BCUT2D eigenvalue weighted by Crippen LogP contribution is -1.90. The molecule has 0 aliphatic heterocycles. The van der Waals surface area contributed by atoms with Gasteiger partial charge in [-0.1, -0.05) is 58.6 Å². The Hall–Kier alpha value is -0.260. The summed E-state index contributed by atoms with van der Waals surface area (Å²) in [6.07, 6.45) is 14.0. The summed E-state index contributed by atoms with van der Waals surface area (Å²) in [5.41, 5.74) is 0. The number of rotatable bonds is 8. The maximum Gasteiger partial charge on any atom is -0.0351 e. The van der Waals surface area contributed by atoms with Crippen LogP contribution in [0.4, 0.5) is 0 Å². The van der Waals surface area contributed by atoms with E-state index in [0.717, 1.165) is 5.92 Å². The number of hydrogen-bond acceptors (Lipinski definition) is 0. The van der Waals surface area contributed by atoms with Crippen molar-refractivity contribution in [1.29, 1.82) is 0 Å². The van der Waals surface area contributed by atoms with E-state index in [-0.39, 0.29) is 0 Å². The third-order valence-corrected chi connectivity index (χ3v) is 2.64. The smallest absolute Gasteiger partial charge is 0.0351 e. The maximum absolute atomic E-state index is 2.35. The van der Waals surface area contributed by atoms with Crippen molar-refractivity contribution >= 4 is 0 Å². The molecule has 0 saturated carbocycles. The average Bonchev–Trinajstić information content (AvgIpc) is 2.16. The first-order valence-corrected chi connectivity index (χ1v) is 5.96. The highest BCUT2D eigenvalue weighted by molar-refractivity contribution is 4.80. The molecule has 78 valence electrons. The van der Waals surface area contributed by atoms with Crippen LogP contribution >= 0.6 is 0 Å². The van der Waals surface area contributed by atoms with Gasteiger partial charge in [-0.15, -0.1) is 0 Å². The van der Waals surface area contributed by atoms with Gasteiger partial charge < -0.3 is 0 Å². The first kappa shape index (κ1) is 12.7. The van der Waals surface area contributed by atoms with Crippen LogP contribution in [-0.4, -0.2) is 0 Å². The van der Waals surface area contributed by atoms with Crippen molar-refractivity contribution in [3.05, 3.63) is 12.2 Å². The molecule has 0 spiro atoms. The predicted molar refractivity (Wildman–Crippen MR) is 62.0 cm³/mol. The van der Waals surface area contributed by atoms with Crippen LogP contribution in [0.2, 0.25) is 0 Å². The molecule has 0 bridgehead atoms. The summed E-state index contributed by atoms with van der Waals surface area (Å²) in [7, 11) is 0. The van der Waals surface area contributed by atoms with Crippen molar-refractivity contribution in [3.8, 4) is 0 Å². The third-order valence-electron chi connectivity index (χ3n) is 2.64. The second-order valence-corrected chi connectivity index (χ2v) is 4.06. The number of allylic oxidation sites excluding steroid dienone is 2. The lowest BCUT2D eigenvalue weighted by Gasteiger charge is -2.05. The van der Waals surface area contributed by atoms with Gasteiger partial charge in [0.1, 0.15) is 0 Å². The minimum atomic E-state index is 0.930. The second-order valence-electron chi connectivity index (χ2n) is 4.06. The lowest BCUT2D eigenvalue weighted by atomic mass is 10.0. The topological polar surface area (TPSA) is 0 Å². The van der Waals surface area contributed by atoms with Gasteiger partial charge in [0.25, 0.3) is 0 Å². The molecule has 0 aliphatic rings. The zero-order valence-corrected chi connectivity index (χ0v) is 9.68. The zero-order valence-electron chi connectivity index (χ0n) is 9.68. The quantitative estimate of drug-likeness (QED) is 0.368. The van der Waals surface area contributed by atoms with Crippen LogP contribution in [0.15, 0.2) is 12.2 Å². The summed E-state index contributed by atoms with van der Waals surface area (Å²) in [4.78, 5) is 0. The first-order chi connectivity index (χ1) is 6.31. The van der Waals surface area contributed by atoms with E-state index in [9.17, 15) is 0 Å².